The summed E-state index contributed by atoms with van der Waals surface area (Å²) in [5, 5.41) is 4.54. The fourth-order valence-corrected chi connectivity index (χ4v) is 3.52. The lowest BCUT2D eigenvalue weighted by Gasteiger charge is -2.15. The van der Waals surface area contributed by atoms with Gasteiger partial charge in [0.25, 0.3) is 15.9 Å². The minimum atomic E-state index is -3.94. The van der Waals surface area contributed by atoms with Crippen LogP contribution in [0.25, 0.3) is 0 Å². The molecule has 0 aliphatic rings. The van der Waals surface area contributed by atoms with E-state index in [9.17, 15) is 22.8 Å². The van der Waals surface area contributed by atoms with Gasteiger partial charge in [0.2, 0.25) is 0 Å². The van der Waals surface area contributed by atoms with Crippen LogP contribution in [0, 0.1) is 6.92 Å². The molecule has 0 aliphatic carbocycles. The number of esters is 1. The number of aryl methyl sites for hydroxylation is 1. The van der Waals surface area contributed by atoms with Crippen LogP contribution in [0.5, 0.6) is 0 Å². The van der Waals surface area contributed by atoms with Gasteiger partial charge in [-0.15, -0.1) is 0 Å². The zero-order valence-corrected chi connectivity index (χ0v) is 18.4. The molecule has 9 nitrogen and oxygen atoms in total. The zero-order chi connectivity index (χ0) is 23.2. The second-order valence-corrected chi connectivity index (χ2v) is 8.85. The molecular formula is C21H25N3O6S. The molecule has 3 amide bonds. The summed E-state index contributed by atoms with van der Waals surface area (Å²) in [6, 6.07) is 11.1. The molecule has 0 heterocycles. The molecule has 2 aromatic rings. The van der Waals surface area contributed by atoms with Gasteiger partial charge in [0.15, 0.2) is 6.10 Å². The lowest BCUT2D eigenvalue weighted by Crippen LogP contribution is -2.46. The number of carbonyl (C=O) groups is 3. The van der Waals surface area contributed by atoms with E-state index < -0.39 is 34.0 Å². The first kappa shape index (κ1) is 23.9. The number of nitrogens with one attached hydrogen (secondary N) is 3. The molecule has 0 saturated carbocycles. The van der Waals surface area contributed by atoms with E-state index in [0.717, 1.165) is 11.6 Å². The van der Waals surface area contributed by atoms with Gasteiger partial charge >= 0.3 is 12.0 Å². The van der Waals surface area contributed by atoms with E-state index in [-0.39, 0.29) is 16.5 Å². The minimum Gasteiger partial charge on any atom is -0.449 e. The molecule has 31 heavy (non-hydrogen) atoms. The standard InChI is InChI=1S/C21H25N3O6S/c1-13(2)22-21(27)23-19(25)15(4)30-20(26)16-6-5-7-18(12-16)31(28,29)24-17-10-8-14(3)9-11-17/h5-13,15,24H,1-4H3,(H2,22,23,25,27). The van der Waals surface area contributed by atoms with Crippen LogP contribution in [0.1, 0.15) is 36.7 Å². The van der Waals surface area contributed by atoms with Crippen LogP contribution in [-0.4, -0.2) is 38.5 Å². The van der Waals surface area contributed by atoms with Gasteiger partial charge in [0.1, 0.15) is 0 Å². The van der Waals surface area contributed by atoms with Crippen LogP contribution in [-0.2, 0) is 19.6 Å². The molecule has 0 saturated heterocycles. The third kappa shape index (κ3) is 7.10. The highest BCUT2D eigenvalue weighted by Gasteiger charge is 2.22. The van der Waals surface area contributed by atoms with Gasteiger partial charge in [-0.05, 0) is 58.0 Å². The summed E-state index contributed by atoms with van der Waals surface area (Å²) in [4.78, 5) is 35.8. The minimum absolute atomic E-state index is 0.0573. The number of sulfonamides is 1. The van der Waals surface area contributed by atoms with Crippen molar-refractivity contribution in [3.05, 3.63) is 59.7 Å². The van der Waals surface area contributed by atoms with Gasteiger partial charge in [0.05, 0.1) is 10.5 Å². The maximum atomic E-state index is 12.6. The molecule has 0 bridgehead atoms. The highest BCUT2D eigenvalue weighted by molar-refractivity contribution is 7.92. The second-order valence-electron chi connectivity index (χ2n) is 7.16. The Bertz CT molecular complexity index is 1060. The number of urea groups is 1. The van der Waals surface area contributed by atoms with Crippen molar-refractivity contribution in [2.24, 2.45) is 0 Å². The number of anilines is 1. The molecule has 0 spiro atoms. The van der Waals surface area contributed by atoms with Crippen molar-refractivity contribution >= 4 is 33.6 Å². The number of amides is 3. The molecule has 2 aromatic carbocycles. The monoisotopic (exact) mass is 447 g/mol. The van der Waals surface area contributed by atoms with Crippen LogP contribution >= 0.6 is 0 Å². The fraction of sp³-hybridized carbons (Fsp3) is 0.286. The Hall–Kier alpha value is -3.40. The number of rotatable bonds is 7. The van der Waals surface area contributed by atoms with E-state index in [1.54, 1.807) is 38.1 Å². The second kappa shape index (κ2) is 10.1. The number of benzene rings is 2. The van der Waals surface area contributed by atoms with Gasteiger partial charge in [-0.3, -0.25) is 14.8 Å². The summed E-state index contributed by atoms with van der Waals surface area (Å²) in [7, 11) is -3.94. The molecule has 10 heteroatoms. The van der Waals surface area contributed by atoms with E-state index in [0.29, 0.717) is 5.69 Å². The van der Waals surface area contributed by atoms with Crippen molar-refractivity contribution in [3.8, 4) is 0 Å². The number of hydrogen-bond acceptors (Lipinski definition) is 6. The van der Waals surface area contributed by atoms with Crippen molar-refractivity contribution in [1.82, 2.24) is 10.6 Å². The van der Waals surface area contributed by atoms with Crippen molar-refractivity contribution < 1.29 is 27.5 Å². The smallest absolute Gasteiger partial charge is 0.338 e. The Balaban J connectivity index is 2.08. The van der Waals surface area contributed by atoms with Crippen LogP contribution in [0.2, 0.25) is 0 Å². The van der Waals surface area contributed by atoms with Crippen LogP contribution in [0.3, 0.4) is 0 Å². The lowest BCUT2D eigenvalue weighted by atomic mass is 10.2. The predicted octanol–water partition coefficient (Wildman–Crippen LogP) is 2.58. The van der Waals surface area contributed by atoms with Crippen LogP contribution in [0.4, 0.5) is 10.5 Å². The van der Waals surface area contributed by atoms with E-state index in [4.69, 9.17) is 4.74 Å². The average molecular weight is 448 g/mol. The number of imide groups is 1. The highest BCUT2D eigenvalue weighted by Crippen LogP contribution is 2.18. The molecule has 0 fully saturated rings. The molecule has 3 N–H and O–H groups in total. The number of hydrogen-bond donors (Lipinski definition) is 3. The number of ether oxygens (including phenoxy) is 1. The van der Waals surface area contributed by atoms with Crippen molar-refractivity contribution in [2.75, 3.05) is 4.72 Å². The van der Waals surface area contributed by atoms with Gasteiger partial charge < -0.3 is 10.1 Å². The Morgan fingerprint density at radius 2 is 1.61 bits per heavy atom. The lowest BCUT2D eigenvalue weighted by molar-refractivity contribution is -0.127. The predicted molar refractivity (Wildman–Crippen MR) is 115 cm³/mol. The first-order valence-electron chi connectivity index (χ1n) is 9.50. The Labute approximate surface area is 181 Å². The van der Waals surface area contributed by atoms with E-state index in [2.05, 4.69) is 15.4 Å². The topological polar surface area (TPSA) is 131 Å². The summed E-state index contributed by atoms with van der Waals surface area (Å²) >= 11 is 0. The summed E-state index contributed by atoms with van der Waals surface area (Å²) < 4.78 is 32.8. The Kier molecular flexibility index (Phi) is 7.76. The first-order chi connectivity index (χ1) is 14.5. The largest absolute Gasteiger partial charge is 0.449 e. The van der Waals surface area contributed by atoms with Crippen molar-refractivity contribution in [1.29, 1.82) is 0 Å². The van der Waals surface area contributed by atoms with Gasteiger partial charge in [-0.1, -0.05) is 23.8 Å². The third-order valence-electron chi connectivity index (χ3n) is 3.99. The third-order valence-corrected chi connectivity index (χ3v) is 5.37. The highest BCUT2D eigenvalue weighted by atomic mass is 32.2. The molecule has 0 radical (unpaired) electrons. The Morgan fingerprint density at radius 3 is 2.23 bits per heavy atom. The van der Waals surface area contributed by atoms with Gasteiger partial charge in [0, 0.05) is 11.7 Å². The first-order valence-corrected chi connectivity index (χ1v) is 11.0. The van der Waals surface area contributed by atoms with Crippen LogP contribution < -0.4 is 15.4 Å². The SMILES string of the molecule is Cc1ccc(NS(=O)(=O)c2cccc(C(=O)OC(C)C(=O)NC(=O)NC(C)C)c2)cc1. The molecular weight excluding hydrogens is 422 g/mol. The summed E-state index contributed by atoms with van der Waals surface area (Å²) in [6.07, 6.45) is -1.27. The maximum Gasteiger partial charge on any atom is 0.338 e. The van der Waals surface area contributed by atoms with Crippen molar-refractivity contribution in [3.63, 3.8) is 0 Å². The summed E-state index contributed by atoms with van der Waals surface area (Å²) in [5.74, 6) is -1.71. The molecule has 1 atom stereocenters. The molecule has 166 valence electrons. The normalized spacial score (nSPS) is 12.0. The molecule has 2 rings (SSSR count). The van der Waals surface area contributed by atoms with Crippen molar-refractivity contribution in [2.45, 2.75) is 44.7 Å². The zero-order valence-electron chi connectivity index (χ0n) is 17.6. The maximum absolute atomic E-state index is 12.6. The molecule has 1 unspecified atom stereocenters. The summed E-state index contributed by atoms with van der Waals surface area (Å²) in [6.45, 7) is 6.63. The van der Waals surface area contributed by atoms with E-state index in [1.807, 2.05) is 6.92 Å². The Morgan fingerprint density at radius 1 is 0.968 bits per heavy atom. The average Bonchev–Trinajstić information content (AvgIpc) is 2.69. The molecule has 0 aromatic heterocycles. The van der Waals surface area contributed by atoms with E-state index in [1.165, 1.54) is 25.1 Å². The van der Waals surface area contributed by atoms with Gasteiger partial charge in [-0.25, -0.2) is 18.0 Å². The summed E-state index contributed by atoms with van der Waals surface area (Å²) in [5.41, 5.74) is 1.30. The fourth-order valence-electron chi connectivity index (χ4n) is 2.42. The van der Waals surface area contributed by atoms with E-state index >= 15 is 0 Å². The number of carbonyl (C=O) groups excluding carboxylic acids is 3. The van der Waals surface area contributed by atoms with Crippen LogP contribution in [0.15, 0.2) is 53.4 Å². The molecule has 0 aliphatic heterocycles. The van der Waals surface area contributed by atoms with Gasteiger partial charge in [-0.2, -0.15) is 0 Å². The quantitative estimate of drug-likeness (QED) is 0.559.